The molecule has 0 unspecified atom stereocenters. The van der Waals surface area contributed by atoms with E-state index < -0.39 is 85.0 Å². The van der Waals surface area contributed by atoms with E-state index in [0.717, 1.165) is 0 Å². The number of aliphatic carboxylic acids is 4. The van der Waals surface area contributed by atoms with Crippen molar-refractivity contribution in [2.75, 3.05) is 6.54 Å². The second-order valence-corrected chi connectivity index (χ2v) is 7.21. The van der Waals surface area contributed by atoms with Gasteiger partial charge < -0.3 is 47.8 Å². The monoisotopic (exact) mass is 491 g/mol. The Morgan fingerprint density at radius 2 is 1.03 bits per heavy atom. The van der Waals surface area contributed by atoms with E-state index in [9.17, 15) is 38.7 Å². The Morgan fingerprint density at radius 1 is 0.618 bits per heavy atom. The van der Waals surface area contributed by atoms with Gasteiger partial charge in [0.25, 0.3) is 0 Å². The van der Waals surface area contributed by atoms with Gasteiger partial charge in [0.15, 0.2) is 0 Å². The van der Waals surface area contributed by atoms with Crippen molar-refractivity contribution < 1.29 is 54.0 Å². The van der Waals surface area contributed by atoms with Crippen LogP contribution in [0.2, 0.25) is 0 Å². The fraction of sp³-hybridized carbons (Fsp3) is 0.611. The van der Waals surface area contributed by atoms with E-state index in [1.54, 1.807) is 0 Å². The van der Waals surface area contributed by atoms with E-state index in [-0.39, 0.29) is 13.0 Å². The fourth-order valence-electron chi connectivity index (χ4n) is 2.62. The molecule has 0 heterocycles. The quantitative estimate of drug-likeness (QED) is 0.0890. The average Bonchev–Trinajstić information content (AvgIpc) is 2.70. The molecule has 0 spiro atoms. The number of rotatable bonds is 17. The lowest BCUT2D eigenvalue weighted by Crippen LogP contribution is -2.58. The Morgan fingerprint density at radius 3 is 1.41 bits per heavy atom. The molecule has 11 N–H and O–H groups in total. The summed E-state index contributed by atoms with van der Waals surface area (Å²) in [6.45, 7) is 0.283. The molecule has 16 heteroatoms. The molecule has 0 rings (SSSR count). The molecule has 34 heavy (non-hydrogen) atoms. The van der Waals surface area contributed by atoms with Crippen LogP contribution in [0.4, 0.5) is 0 Å². The second-order valence-electron chi connectivity index (χ2n) is 7.21. The van der Waals surface area contributed by atoms with Crippen LogP contribution in [0.25, 0.3) is 0 Å². The van der Waals surface area contributed by atoms with Crippen LogP contribution in [-0.4, -0.2) is 92.7 Å². The summed E-state index contributed by atoms with van der Waals surface area (Å²) in [5.74, 6) is -9.56. The summed E-state index contributed by atoms with van der Waals surface area (Å²) in [5, 5.41) is 42.0. The molecule has 0 aliphatic rings. The smallest absolute Gasteiger partial charge is 0.326 e. The van der Waals surface area contributed by atoms with Gasteiger partial charge in [-0.2, -0.15) is 0 Å². The summed E-state index contributed by atoms with van der Waals surface area (Å²) < 4.78 is 0. The highest BCUT2D eigenvalue weighted by Crippen LogP contribution is 2.04. The fourth-order valence-corrected chi connectivity index (χ4v) is 2.62. The summed E-state index contributed by atoms with van der Waals surface area (Å²) in [4.78, 5) is 81.3. The number of carboxylic acid groups (broad SMARTS) is 4. The maximum atomic E-state index is 12.5. The van der Waals surface area contributed by atoms with E-state index in [4.69, 9.17) is 26.8 Å². The molecular weight excluding hydrogens is 462 g/mol. The number of unbranched alkanes of at least 4 members (excludes halogenated alkanes) is 1. The SMILES string of the molecule is NCCCC[C@H](NC(=O)[C@H](CC(=O)O)NC(=O)[C@H](CC(=O)O)NC(=O)[C@@H](N)CC(=O)O)C(=O)O. The zero-order valence-corrected chi connectivity index (χ0v) is 18.1. The predicted octanol–water partition coefficient (Wildman–Crippen LogP) is -3.59. The topological polar surface area (TPSA) is 289 Å². The largest absolute Gasteiger partial charge is 0.481 e. The second kappa shape index (κ2) is 15.1. The molecule has 0 radical (unpaired) electrons. The Hall–Kier alpha value is -3.79. The van der Waals surface area contributed by atoms with Crippen LogP contribution >= 0.6 is 0 Å². The van der Waals surface area contributed by atoms with Gasteiger partial charge in [0, 0.05) is 0 Å². The van der Waals surface area contributed by atoms with Gasteiger partial charge in [-0.05, 0) is 25.8 Å². The van der Waals surface area contributed by atoms with E-state index >= 15 is 0 Å². The minimum absolute atomic E-state index is 0.0226. The summed E-state index contributed by atoms with van der Waals surface area (Å²) in [6, 6.07) is -6.68. The minimum Gasteiger partial charge on any atom is -0.481 e. The summed E-state index contributed by atoms with van der Waals surface area (Å²) >= 11 is 0. The number of amides is 3. The number of carbonyl (C=O) groups is 7. The van der Waals surface area contributed by atoms with Gasteiger partial charge in [-0.1, -0.05) is 0 Å². The number of nitrogens with two attached hydrogens (primary N) is 2. The molecule has 0 aliphatic heterocycles. The van der Waals surface area contributed by atoms with Crippen LogP contribution in [0, 0.1) is 0 Å². The highest BCUT2D eigenvalue weighted by atomic mass is 16.4. The van der Waals surface area contributed by atoms with Crippen LogP contribution < -0.4 is 27.4 Å². The van der Waals surface area contributed by atoms with Crippen LogP contribution in [0.1, 0.15) is 38.5 Å². The molecule has 0 saturated carbocycles. The predicted molar refractivity (Wildman–Crippen MR) is 111 cm³/mol. The number of hydrogen-bond donors (Lipinski definition) is 9. The molecule has 0 aromatic heterocycles. The van der Waals surface area contributed by atoms with Gasteiger partial charge in [0.05, 0.1) is 25.3 Å². The van der Waals surface area contributed by atoms with Crippen LogP contribution in [0.15, 0.2) is 0 Å². The van der Waals surface area contributed by atoms with Crippen molar-refractivity contribution >= 4 is 41.6 Å². The first-order valence-electron chi connectivity index (χ1n) is 10.0. The zero-order chi connectivity index (χ0) is 26.4. The number of carboxylic acids is 4. The average molecular weight is 491 g/mol. The lowest BCUT2D eigenvalue weighted by molar-refractivity contribution is -0.145. The van der Waals surface area contributed by atoms with Gasteiger partial charge >= 0.3 is 23.9 Å². The van der Waals surface area contributed by atoms with Crippen LogP contribution in [-0.2, 0) is 33.6 Å². The third kappa shape index (κ3) is 12.3. The minimum atomic E-state index is -1.84. The maximum absolute atomic E-state index is 12.5. The van der Waals surface area contributed by atoms with E-state index in [2.05, 4.69) is 5.32 Å². The Bertz CT molecular complexity index is 788. The summed E-state index contributed by atoms with van der Waals surface area (Å²) in [6.07, 6.45) is -2.03. The zero-order valence-electron chi connectivity index (χ0n) is 18.1. The Balaban J connectivity index is 5.50. The van der Waals surface area contributed by atoms with Gasteiger partial charge in [0.1, 0.15) is 18.1 Å². The third-order valence-corrected chi connectivity index (χ3v) is 4.32. The highest BCUT2D eigenvalue weighted by Gasteiger charge is 2.32. The Kier molecular flexibility index (Phi) is 13.4. The van der Waals surface area contributed by atoms with Crippen LogP contribution in [0.3, 0.4) is 0 Å². The standard InChI is InChI=1S/C18H29N5O11/c19-4-2-1-3-9(18(33)34)21-16(31)11(7-14(28)29)23-17(32)10(6-13(26)27)22-15(30)8(20)5-12(24)25/h8-11H,1-7,19-20H2,(H,21,31)(H,22,30)(H,23,32)(H,24,25)(H,26,27)(H,28,29)(H,33,34)/t8-,9-,10-,11-/m0/s1. The normalized spacial score (nSPS) is 14.1. The molecule has 0 aliphatic carbocycles. The van der Waals surface area contributed by atoms with Crippen LogP contribution in [0.5, 0.6) is 0 Å². The number of nitrogens with one attached hydrogen (secondary N) is 3. The lowest BCUT2D eigenvalue weighted by Gasteiger charge is -2.23. The first-order valence-corrected chi connectivity index (χ1v) is 10.0. The Labute approximate surface area is 193 Å². The summed E-state index contributed by atoms with van der Waals surface area (Å²) in [5.41, 5.74) is 10.7. The molecule has 0 aromatic rings. The lowest BCUT2D eigenvalue weighted by atomic mass is 10.1. The van der Waals surface area contributed by atoms with E-state index in [0.29, 0.717) is 12.8 Å². The molecular formula is C18H29N5O11. The highest BCUT2D eigenvalue weighted by molar-refractivity contribution is 5.97. The van der Waals surface area contributed by atoms with Gasteiger partial charge in [-0.15, -0.1) is 0 Å². The molecule has 0 bridgehead atoms. The van der Waals surface area contributed by atoms with E-state index in [1.165, 1.54) is 0 Å². The first-order chi connectivity index (χ1) is 15.8. The van der Waals surface area contributed by atoms with Gasteiger partial charge in [-0.3, -0.25) is 28.8 Å². The van der Waals surface area contributed by atoms with Crippen molar-refractivity contribution in [3.05, 3.63) is 0 Å². The third-order valence-electron chi connectivity index (χ3n) is 4.32. The van der Waals surface area contributed by atoms with Gasteiger partial charge in [-0.25, -0.2) is 4.79 Å². The molecule has 4 atom stereocenters. The van der Waals surface area contributed by atoms with E-state index in [1.807, 2.05) is 10.6 Å². The van der Waals surface area contributed by atoms with Crippen molar-refractivity contribution in [3.63, 3.8) is 0 Å². The van der Waals surface area contributed by atoms with Crippen molar-refractivity contribution in [1.82, 2.24) is 16.0 Å². The first kappa shape index (κ1) is 30.2. The maximum Gasteiger partial charge on any atom is 0.326 e. The molecule has 0 fully saturated rings. The van der Waals surface area contributed by atoms with Gasteiger partial charge in [0.2, 0.25) is 17.7 Å². The van der Waals surface area contributed by atoms with Crippen molar-refractivity contribution in [3.8, 4) is 0 Å². The molecule has 3 amide bonds. The van der Waals surface area contributed by atoms with Crippen molar-refractivity contribution in [1.29, 1.82) is 0 Å². The molecule has 16 nitrogen and oxygen atoms in total. The van der Waals surface area contributed by atoms with Crippen molar-refractivity contribution in [2.24, 2.45) is 11.5 Å². The van der Waals surface area contributed by atoms with Crippen molar-refractivity contribution in [2.45, 2.75) is 62.7 Å². The number of hydrogen-bond acceptors (Lipinski definition) is 9. The number of carbonyl (C=O) groups excluding carboxylic acids is 3. The molecule has 192 valence electrons. The summed E-state index contributed by atoms with van der Waals surface area (Å²) in [7, 11) is 0. The molecule has 0 aromatic carbocycles. The molecule has 0 saturated heterocycles.